The van der Waals surface area contributed by atoms with E-state index in [0.717, 1.165) is 44.2 Å². The van der Waals surface area contributed by atoms with Crippen molar-refractivity contribution in [1.29, 1.82) is 0 Å². The molecule has 128 valence electrons. The van der Waals surface area contributed by atoms with E-state index in [4.69, 9.17) is 0 Å². The van der Waals surface area contributed by atoms with E-state index in [1.54, 1.807) is 0 Å². The lowest BCUT2D eigenvalue weighted by Gasteiger charge is -2.31. The molecule has 1 aromatic heterocycles. The largest absolute Gasteiger partial charge is 0.348 e. The van der Waals surface area contributed by atoms with Crippen LogP contribution in [0.15, 0.2) is 12.3 Å². The van der Waals surface area contributed by atoms with Gasteiger partial charge in [-0.3, -0.25) is 9.48 Å². The molecule has 5 heteroatoms. The van der Waals surface area contributed by atoms with Gasteiger partial charge in [0.2, 0.25) is 0 Å². The number of amides is 1. The highest BCUT2D eigenvalue weighted by Crippen LogP contribution is 2.29. The van der Waals surface area contributed by atoms with Gasteiger partial charge >= 0.3 is 0 Å². The van der Waals surface area contributed by atoms with Gasteiger partial charge < -0.3 is 10.6 Å². The van der Waals surface area contributed by atoms with Crippen LogP contribution in [0.5, 0.6) is 0 Å². The number of hydrogen-bond acceptors (Lipinski definition) is 3. The van der Waals surface area contributed by atoms with Crippen LogP contribution in [0.1, 0.15) is 68.9 Å². The van der Waals surface area contributed by atoms with Crippen molar-refractivity contribution >= 4 is 5.91 Å². The Labute approximate surface area is 139 Å². The minimum atomic E-state index is -0.0134. The Hall–Kier alpha value is -1.36. The van der Waals surface area contributed by atoms with Gasteiger partial charge in [0.05, 0.1) is 6.04 Å². The molecule has 2 N–H and O–H groups in total. The van der Waals surface area contributed by atoms with Gasteiger partial charge in [0.15, 0.2) is 0 Å². The summed E-state index contributed by atoms with van der Waals surface area (Å²) in [5.41, 5.74) is 0.557. The molecule has 1 saturated heterocycles. The Morgan fingerprint density at radius 1 is 1.30 bits per heavy atom. The van der Waals surface area contributed by atoms with Crippen LogP contribution in [0.25, 0.3) is 0 Å². The number of carbonyl (C=O) groups is 1. The van der Waals surface area contributed by atoms with Crippen molar-refractivity contribution in [3.8, 4) is 0 Å². The minimum absolute atomic E-state index is 0.0134. The molecule has 1 unspecified atom stereocenters. The van der Waals surface area contributed by atoms with Crippen LogP contribution in [0.2, 0.25) is 0 Å². The predicted molar refractivity (Wildman–Crippen MR) is 91.4 cm³/mol. The first kappa shape index (κ1) is 16.5. The monoisotopic (exact) mass is 318 g/mol. The summed E-state index contributed by atoms with van der Waals surface area (Å²) < 4.78 is 1.96. The molecule has 1 aliphatic carbocycles. The van der Waals surface area contributed by atoms with Gasteiger partial charge in [-0.2, -0.15) is 5.10 Å². The number of rotatable bonds is 4. The van der Waals surface area contributed by atoms with Gasteiger partial charge in [0.1, 0.15) is 5.69 Å². The maximum atomic E-state index is 12.4. The third-order valence-electron chi connectivity index (χ3n) is 5.54. The van der Waals surface area contributed by atoms with Gasteiger partial charge in [-0.05, 0) is 63.0 Å². The van der Waals surface area contributed by atoms with E-state index >= 15 is 0 Å². The summed E-state index contributed by atoms with van der Waals surface area (Å²) in [4.78, 5) is 12.4. The average molecular weight is 318 g/mol. The molecule has 1 amide bonds. The summed E-state index contributed by atoms with van der Waals surface area (Å²) in [6, 6.07) is 2.55. The van der Waals surface area contributed by atoms with Crippen LogP contribution in [0.3, 0.4) is 0 Å². The van der Waals surface area contributed by atoms with Crippen molar-refractivity contribution < 1.29 is 4.79 Å². The van der Waals surface area contributed by atoms with E-state index in [0.29, 0.717) is 17.8 Å². The summed E-state index contributed by atoms with van der Waals surface area (Å²) >= 11 is 0. The third-order valence-corrected chi connectivity index (χ3v) is 5.54. The normalized spacial score (nSPS) is 28.7. The van der Waals surface area contributed by atoms with Crippen LogP contribution in [-0.4, -0.2) is 34.8 Å². The molecule has 2 fully saturated rings. The highest BCUT2D eigenvalue weighted by atomic mass is 16.2. The minimum Gasteiger partial charge on any atom is -0.348 e. The van der Waals surface area contributed by atoms with Crippen molar-refractivity contribution in [1.82, 2.24) is 20.4 Å². The zero-order valence-corrected chi connectivity index (χ0v) is 14.4. The molecule has 5 nitrogen and oxygen atoms in total. The second-order valence-electron chi connectivity index (χ2n) is 7.51. The lowest BCUT2D eigenvalue weighted by molar-refractivity contribution is 0.0911. The lowest BCUT2D eigenvalue weighted by Crippen LogP contribution is -2.38. The molecule has 0 aromatic carbocycles. The molecule has 2 heterocycles. The van der Waals surface area contributed by atoms with Crippen molar-refractivity contribution in [2.24, 2.45) is 11.8 Å². The molecule has 2 aliphatic rings. The fourth-order valence-corrected chi connectivity index (χ4v) is 3.91. The van der Waals surface area contributed by atoms with E-state index in [1.165, 1.54) is 19.3 Å². The van der Waals surface area contributed by atoms with Crippen molar-refractivity contribution in [3.63, 3.8) is 0 Å². The second kappa shape index (κ2) is 7.47. The van der Waals surface area contributed by atoms with Gasteiger partial charge in [-0.1, -0.05) is 13.8 Å². The maximum Gasteiger partial charge on any atom is 0.271 e. The fourth-order valence-electron chi connectivity index (χ4n) is 3.91. The first-order valence-corrected chi connectivity index (χ1v) is 9.20. The summed E-state index contributed by atoms with van der Waals surface area (Å²) in [5.74, 6) is 1.56. The summed E-state index contributed by atoms with van der Waals surface area (Å²) in [6.07, 6.45) is 8.90. The Morgan fingerprint density at radius 3 is 2.74 bits per heavy atom. The summed E-state index contributed by atoms with van der Waals surface area (Å²) in [7, 11) is 0. The van der Waals surface area contributed by atoms with Gasteiger partial charge in [0.25, 0.3) is 5.91 Å². The van der Waals surface area contributed by atoms with Crippen LogP contribution in [-0.2, 0) is 0 Å². The van der Waals surface area contributed by atoms with E-state index in [1.807, 2.05) is 16.9 Å². The quantitative estimate of drug-likeness (QED) is 0.897. The van der Waals surface area contributed by atoms with E-state index < -0.39 is 0 Å². The second-order valence-corrected chi connectivity index (χ2v) is 7.51. The molecule has 0 radical (unpaired) electrons. The first-order chi connectivity index (χ1) is 11.1. The smallest absolute Gasteiger partial charge is 0.271 e. The summed E-state index contributed by atoms with van der Waals surface area (Å²) in [6.45, 7) is 6.64. The molecule has 23 heavy (non-hydrogen) atoms. The maximum absolute atomic E-state index is 12.4. The number of nitrogens with zero attached hydrogens (tertiary/aromatic N) is 2. The zero-order chi connectivity index (χ0) is 16.2. The van der Waals surface area contributed by atoms with Crippen molar-refractivity contribution in [3.05, 3.63) is 18.0 Å². The molecule has 1 saturated carbocycles. The molecule has 1 aliphatic heterocycles. The van der Waals surface area contributed by atoms with Crippen LogP contribution < -0.4 is 10.6 Å². The van der Waals surface area contributed by atoms with Crippen LogP contribution in [0.4, 0.5) is 0 Å². The molecule has 0 bridgehead atoms. The van der Waals surface area contributed by atoms with E-state index in [2.05, 4.69) is 29.6 Å². The van der Waals surface area contributed by atoms with Crippen molar-refractivity contribution in [2.75, 3.05) is 13.1 Å². The third kappa shape index (κ3) is 4.14. The predicted octanol–water partition coefficient (Wildman–Crippen LogP) is 2.75. The van der Waals surface area contributed by atoms with E-state index in [-0.39, 0.29) is 5.91 Å². The lowest BCUT2D eigenvalue weighted by atomic mass is 9.80. The highest BCUT2D eigenvalue weighted by molar-refractivity contribution is 5.92. The standard InChI is InChI=1S/C18H30N4O/c1-13(2)14-5-7-15(8-6-14)20-18(23)17-9-11-22(21-17)16-4-3-10-19-12-16/h9,11,13-16,19H,3-8,10,12H2,1-2H3,(H,20,23). The van der Waals surface area contributed by atoms with Crippen LogP contribution in [0, 0.1) is 11.8 Å². The highest BCUT2D eigenvalue weighted by Gasteiger charge is 2.25. The van der Waals surface area contributed by atoms with Gasteiger partial charge in [-0.25, -0.2) is 0 Å². The van der Waals surface area contributed by atoms with Gasteiger partial charge in [0, 0.05) is 18.8 Å². The molecular weight excluding hydrogens is 288 g/mol. The first-order valence-electron chi connectivity index (χ1n) is 9.20. The zero-order valence-electron chi connectivity index (χ0n) is 14.4. The SMILES string of the molecule is CC(C)C1CCC(NC(=O)c2ccn(C3CCCNC3)n2)CC1. The topological polar surface area (TPSA) is 59.0 Å². The fraction of sp³-hybridized carbons (Fsp3) is 0.778. The number of piperidine rings is 1. The molecule has 1 aromatic rings. The molecule has 3 rings (SSSR count). The number of hydrogen-bond donors (Lipinski definition) is 2. The van der Waals surface area contributed by atoms with Gasteiger partial charge in [-0.15, -0.1) is 0 Å². The number of carbonyl (C=O) groups excluding carboxylic acids is 1. The Bertz CT molecular complexity index is 511. The molecule has 1 atom stereocenters. The molecule has 0 spiro atoms. The summed E-state index contributed by atoms with van der Waals surface area (Å²) in [5, 5.41) is 11.1. The number of aromatic nitrogens is 2. The Morgan fingerprint density at radius 2 is 2.09 bits per heavy atom. The Kier molecular flexibility index (Phi) is 5.36. The number of nitrogens with one attached hydrogen (secondary N) is 2. The molecular formula is C18H30N4O. The van der Waals surface area contributed by atoms with E-state index in [9.17, 15) is 4.79 Å². The van der Waals surface area contributed by atoms with Crippen LogP contribution >= 0.6 is 0 Å². The average Bonchev–Trinajstić information content (AvgIpc) is 3.06. The van der Waals surface area contributed by atoms with Crippen molar-refractivity contribution in [2.45, 2.75) is 64.5 Å². The Balaban J connectivity index is 1.52.